The van der Waals surface area contributed by atoms with Crippen LogP contribution in [0.15, 0.2) is 41.9 Å². The zero-order valence-corrected chi connectivity index (χ0v) is 8.09. The van der Waals surface area contributed by atoms with Crippen LogP contribution in [0.3, 0.4) is 0 Å². The van der Waals surface area contributed by atoms with Gasteiger partial charge in [0.15, 0.2) is 0 Å². The Labute approximate surface area is 87.1 Å². The van der Waals surface area contributed by atoms with E-state index in [1.165, 1.54) is 5.56 Å². The lowest BCUT2D eigenvalue weighted by atomic mass is 10.1. The molecule has 2 N–H and O–H groups in total. The number of aromatic nitrogens is 2. The van der Waals surface area contributed by atoms with E-state index in [-0.39, 0.29) is 0 Å². The number of aliphatic imine (C=N–C) groups is 1. The molecular formula is C11H10N4. The van der Waals surface area contributed by atoms with Crippen LogP contribution >= 0.6 is 0 Å². The number of nitrogen functional groups attached to an aromatic ring is 1. The highest BCUT2D eigenvalue weighted by atomic mass is 15.1. The summed E-state index contributed by atoms with van der Waals surface area (Å²) in [6.45, 7) is 0.725. The number of hydrogen-bond acceptors (Lipinski definition) is 3. The Balaban J connectivity index is 2.14. The molecule has 1 aliphatic heterocycles. The number of anilines is 1. The molecule has 4 heteroatoms. The minimum Gasteiger partial charge on any atom is -0.399 e. The monoisotopic (exact) mass is 198 g/mol. The summed E-state index contributed by atoms with van der Waals surface area (Å²) < 4.78 is 1.91. The average molecular weight is 198 g/mol. The lowest BCUT2D eigenvalue weighted by molar-refractivity contribution is 1.07. The van der Waals surface area contributed by atoms with Gasteiger partial charge in [-0.3, -0.25) is 9.56 Å². The van der Waals surface area contributed by atoms with Crippen molar-refractivity contribution in [1.82, 2.24) is 9.55 Å². The van der Waals surface area contributed by atoms with Crippen molar-refractivity contribution >= 4 is 11.5 Å². The van der Waals surface area contributed by atoms with E-state index in [0.717, 1.165) is 23.6 Å². The maximum atomic E-state index is 5.77. The van der Waals surface area contributed by atoms with E-state index in [0.29, 0.717) is 0 Å². The predicted octanol–water partition coefficient (Wildman–Crippen LogP) is 1.27. The molecule has 0 unspecified atom stereocenters. The standard InChI is InChI=1S/C11H10N4/c12-9-2-1-8-6-14-11(10(8)5-9)15-4-3-13-7-15/h1-5,7H,6,12H2. The summed E-state index contributed by atoms with van der Waals surface area (Å²) in [5.74, 6) is 0.926. The molecule has 2 heterocycles. The molecule has 2 aromatic rings. The molecule has 0 radical (unpaired) electrons. The van der Waals surface area contributed by atoms with Gasteiger partial charge in [0.1, 0.15) is 12.2 Å². The summed E-state index contributed by atoms with van der Waals surface area (Å²) in [4.78, 5) is 8.48. The van der Waals surface area contributed by atoms with Gasteiger partial charge >= 0.3 is 0 Å². The Morgan fingerprint density at radius 3 is 3.07 bits per heavy atom. The third-order valence-corrected chi connectivity index (χ3v) is 2.52. The highest BCUT2D eigenvalue weighted by Crippen LogP contribution is 2.22. The van der Waals surface area contributed by atoms with E-state index in [4.69, 9.17) is 5.73 Å². The normalized spacial score (nSPS) is 13.7. The second-order valence-corrected chi connectivity index (χ2v) is 3.53. The van der Waals surface area contributed by atoms with E-state index in [1.807, 2.05) is 29.0 Å². The van der Waals surface area contributed by atoms with E-state index in [1.54, 1.807) is 12.5 Å². The first-order valence-corrected chi connectivity index (χ1v) is 4.76. The molecule has 1 aliphatic rings. The Hall–Kier alpha value is -2.10. The molecule has 74 valence electrons. The van der Waals surface area contributed by atoms with Crippen LogP contribution in [0.5, 0.6) is 0 Å². The highest BCUT2D eigenvalue weighted by molar-refractivity contribution is 6.04. The van der Waals surface area contributed by atoms with Crippen molar-refractivity contribution in [3.05, 3.63) is 48.0 Å². The van der Waals surface area contributed by atoms with Gasteiger partial charge in [-0.25, -0.2) is 4.98 Å². The topological polar surface area (TPSA) is 56.2 Å². The van der Waals surface area contributed by atoms with Gasteiger partial charge in [0.05, 0.1) is 6.54 Å². The van der Waals surface area contributed by atoms with Crippen molar-refractivity contribution in [2.45, 2.75) is 6.54 Å². The lowest BCUT2D eigenvalue weighted by Crippen LogP contribution is -2.09. The average Bonchev–Trinajstić information content (AvgIpc) is 2.83. The van der Waals surface area contributed by atoms with Crippen molar-refractivity contribution < 1.29 is 0 Å². The quantitative estimate of drug-likeness (QED) is 0.648. The molecule has 15 heavy (non-hydrogen) atoms. The molecule has 0 saturated carbocycles. The first-order chi connectivity index (χ1) is 7.34. The van der Waals surface area contributed by atoms with Gasteiger partial charge in [0.25, 0.3) is 0 Å². The number of nitrogens with zero attached hydrogens (tertiary/aromatic N) is 3. The van der Waals surface area contributed by atoms with Gasteiger partial charge in [-0.2, -0.15) is 0 Å². The third-order valence-electron chi connectivity index (χ3n) is 2.52. The van der Waals surface area contributed by atoms with Crippen LogP contribution in [0, 0.1) is 0 Å². The molecule has 0 atom stereocenters. The van der Waals surface area contributed by atoms with Crippen LogP contribution < -0.4 is 5.73 Å². The number of fused-ring (bicyclic) bond motifs is 1. The number of nitrogens with two attached hydrogens (primary N) is 1. The van der Waals surface area contributed by atoms with Gasteiger partial charge < -0.3 is 5.73 Å². The maximum absolute atomic E-state index is 5.77. The summed E-state index contributed by atoms with van der Waals surface area (Å²) in [5, 5.41) is 0. The molecule has 4 nitrogen and oxygen atoms in total. The highest BCUT2D eigenvalue weighted by Gasteiger charge is 2.16. The van der Waals surface area contributed by atoms with Crippen molar-refractivity contribution in [3.63, 3.8) is 0 Å². The van der Waals surface area contributed by atoms with Crippen LogP contribution in [0.1, 0.15) is 11.1 Å². The second-order valence-electron chi connectivity index (χ2n) is 3.53. The fraction of sp³-hybridized carbons (Fsp3) is 0.0909. The lowest BCUT2D eigenvalue weighted by Gasteiger charge is -2.04. The van der Waals surface area contributed by atoms with Gasteiger partial charge in [-0.1, -0.05) is 6.07 Å². The molecule has 0 fully saturated rings. The molecule has 1 aromatic carbocycles. The Kier molecular flexibility index (Phi) is 1.62. The van der Waals surface area contributed by atoms with Gasteiger partial charge in [-0.15, -0.1) is 0 Å². The van der Waals surface area contributed by atoms with E-state index in [2.05, 4.69) is 9.98 Å². The molecule has 3 rings (SSSR count). The summed E-state index contributed by atoms with van der Waals surface area (Å²) in [6.07, 6.45) is 5.38. The zero-order chi connectivity index (χ0) is 10.3. The van der Waals surface area contributed by atoms with Gasteiger partial charge in [0.2, 0.25) is 0 Å². The number of benzene rings is 1. The largest absolute Gasteiger partial charge is 0.399 e. The third kappa shape index (κ3) is 1.22. The van der Waals surface area contributed by atoms with Crippen molar-refractivity contribution in [1.29, 1.82) is 0 Å². The van der Waals surface area contributed by atoms with Crippen LogP contribution in [0.4, 0.5) is 5.69 Å². The van der Waals surface area contributed by atoms with Crippen LogP contribution in [-0.4, -0.2) is 15.4 Å². The molecule has 0 aliphatic carbocycles. The summed E-state index contributed by atoms with van der Waals surface area (Å²) in [6, 6.07) is 5.89. The maximum Gasteiger partial charge on any atom is 0.141 e. The summed E-state index contributed by atoms with van der Waals surface area (Å²) in [7, 11) is 0. The predicted molar refractivity (Wildman–Crippen MR) is 58.7 cm³/mol. The minimum atomic E-state index is 0.725. The zero-order valence-electron chi connectivity index (χ0n) is 8.09. The molecule has 1 aromatic heterocycles. The number of rotatable bonds is 0. The molecule has 0 saturated heterocycles. The fourth-order valence-electron chi connectivity index (χ4n) is 1.79. The van der Waals surface area contributed by atoms with E-state index < -0.39 is 0 Å². The molecule has 0 amide bonds. The molecule has 0 spiro atoms. The Morgan fingerprint density at radius 1 is 1.33 bits per heavy atom. The van der Waals surface area contributed by atoms with Gasteiger partial charge in [-0.05, 0) is 17.7 Å². The van der Waals surface area contributed by atoms with Crippen LogP contribution in [-0.2, 0) is 6.54 Å². The summed E-state index contributed by atoms with van der Waals surface area (Å²) >= 11 is 0. The molecule has 0 bridgehead atoms. The number of imidazole rings is 1. The van der Waals surface area contributed by atoms with Crippen molar-refractivity contribution in [3.8, 4) is 0 Å². The second kappa shape index (κ2) is 2.95. The Morgan fingerprint density at radius 2 is 2.27 bits per heavy atom. The van der Waals surface area contributed by atoms with Crippen molar-refractivity contribution in [2.24, 2.45) is 4.99 Å². The minimum absolute atomic E-state index is 0.725. The van der Waals surface area contributed by atoms with Crippen LogP contribution in [0.25, 0.3) is 0 Å². The molecular weight excluding hydrogens is 188 g/mol. The van der Waals surface area contributed by atoms with Crippen LogP contribution in [0.2, 0.25) is 0 Å². The van der Waals surface area contributed by atoms with E-state index in [9.17, 15) is 0 Å². The first kappa shape index (κ1) is 8.23. The number of hydrogen-bond donors (Lipinski definition) is 1. The van der Waals surface area contributed by atoms with Gasteiger partial charge in [0, 0.05) is 23.6 Å². The smallest absolute Gasteiger partial charge is 0.141 e. The fourth-order valence-corrected chi connectivity index (χ4v) is 1.79. The summed E-state index contributed by atoms with van der Waals surface area (Å²) in [5.41, 5.74) is 8.85. The Bertz CT molecular complexity index is 526. The first-order valence-electron chi connectivity index (χ1n) is 4.76. The van der Waals surface area contributed by atoms with Crippen molar-refractivity contribution in [2.75, 3.05) is 5.73 Å². The van der Waals surface area contributed by atoms with E-state index >= 15 is 0 Å². The SMILES string of the molecule is Nc1ccc2c(c1)C(n1ccnc1)=NC2.